The summed E-state index contributed by atoms with van der Waals surface area (Å²) in [5.41, 5.74) is 6.18. The van der Waals surface area contributed by atoms with Crippen molar-refractivity contribution < 1.29 is 9.90 Å². The van der Waals surface area contributed by atoms with Crippen LogP contribution in [0.15, 0.2) is 6.20 Å². The van der Waals surface area contributed by atoms with E-state index in [9.17, 15) is 4.79 Å². The number of nitrogens with zero attached hydrogens (tertiary/aromatic N) is 2. The number of nitrogen functional groups attached to an aromatic ring is 1. The normalized spacial score (nSPS) is 12.5. The van der Waals surface area contributed by atoms with E-state index in [1.807, 2.05) is 6.92 Å². The number of nitrogens with one attached hydrogen (secondary N) is 1. The molecule has 84 valence electrons. The van der Waals surface area contributed by atoms with Crippen molar-refractivity contribution in [2.45, 2.75) is 19.4 Å². The van der Waals surface area contributed by atoms with Crippen LogP contribution in [0.2, 0.25) is 0 Å². The Kier molecular flexibility index (Phi) is 3.68. The van der Waals surface area contributed by atoms with E-state index in [1.165, 1.54) is 4.68 Å². The number of hydrogen-bond acceptors (Lipinski definition) is 4. The highest BCUT2D eigenvalue weighted by Gasteiger charge is 2.15. The highest BCUT2D eigenvalue weighted by atomic mass is 16.3. The smallest absolute Gasteiger partial charge is 0.274 e. The summed E-state index contributed by atoms with van der Waals surface area (Å²) in [6.45, 7) is 1.85. The molecule has 1 rings (SSSR count). The van der Waals surface area contributed by atoms with Crippen LogP contribution in [0.25, 0.3) is 0 Å². The van der Waals surface area contributed by atoms with Crippen LogP contribution >= 0.6 is 0 Å². The Balaban J connectivity index is 2.65. The van der Waals surface area contributed by atoms with E-state index in [1.54, 1.807) is 13.2 Å². The predicted octanol–water partition coefficient (Wildman–Crippen LogP) is -0.497. The van der Waals surface area contributed by atoms with Crippen LogP contribution in [0.5, 0.6) is 0 Å². The third kappa shape index (κ3) is 2.95. The number of amides is 1. The molecule has 0 aliphatic rings. The Morgan fingerprint density at radius 1 is 1.80 bits per heavy atom. The number of aryl methyl sites for hydroxylation is 1. The molecule has 0 saturated carbocycles. The lowest BCUT2D eigenvalue weighted by atomic mass is 10.2. The van der Waals surface area contributed by atoms with Gasteiger partial charge in [0.05, 0.1) is 5.69 Å². The minimum absolute atomic E-state index is 0.0408. The number of carbonyl (C=O) groups excluding carboxylic acids is 1. The zero-order valence-electron chi connectivity index (χ0n) is 8.90. The first-order valence-electron chi connectivity index (χ1n) is 4.75. The van der Waals surface area contributed by atoms with Gasteiger partial charge in [0.1, 0.15) is 0 Å². The molecule has 15 heavy (non-hydrogen) atoms. The molecule has 1 atom stereocenters. The van der Waals surface area contributed by atoms with Crippen molar-refractivity contribution in [1.29, 1.82) is 0 Å². The lowest BCUT2D eigenvalue weighted by Crippen LogP contribution is -2.33. The highest BCUT2D eigenvalue weighted by molar-refractivity contribution is 5.97. The van der Waals surface area contributed by atoms with Crippen molar-refractivity contribution in [3.05, 3.63) is 11.9 Å². The van der Waals surface area contributed by atoms with Gasteiger partial charge in [0.2, 0.25) is 0 Å². The molecule has 1 aromatic heterocycles. The minimum atomic E-state index is -0.311. The summed E-state index contributed by atoms with van der Waals surface area (Å²) in [6, 6.07) is -0.0936. The summed E-state index contributed by atoms with van der Waals surface area (Å²) in [4.78, 5) is 11.6. The molecule has 0 bridgehead atoms. The fourth-order valence-corrected chi connectivity index (χ4v) is 1.24. The zero-order chi connectivity index (χ0) is 11.4. The van der Waals surface area contributed by atoms with Crippen LogP contribution in [0, 0.1) is 0 Å². The summed E-state index contributed by atoms with van der Waals surface area (Å²) in [5.74, 6) is -0.311. The Morgan fingerprint density at radius 2 is 2.47 bits per heavy atom. The first kappa shape index (κ1) is 11.5. The third-order valence-electron chi connectivity index (χ3n) is 2.01. The lowest BCUT2D eigenvalue weighted by molar-refractivity contribution is 0.0929. The second-order valence-corrected chi connectivity index (χ2v) is 3.49. The van der Waals surface area contributed by atoms with Crippen molar-refractivity contribution in [3.63, 3.8) is 0 Å². The van der Waals surface area contributed by atoms with E-state index >= 15 is 0 Å². The number of nitrogens with two attached hydrogens (primary N) is 1. The maximum absolute atomic E-state index is 11.6. The topological polar surface area (TPSA) is 93.2 Å². The largest absolute Gasteiger partial charge is 0.396 e. The molecular weight excluding hydrogens is 196 g/mol. The zero-order valence-corrected chi connectivity index (χ0v) is 8.90. The summed E-state index contributed by atoms with van der Waals surface area (Å²) in [6.07, 6.45) is 2.09. The fourth-order valence-electron chi connectivity index (χ4n) is 1.24. The lowest BCUT2D eigenvalue weighted by Gasteiger charge is -2.11. The van der Waals surface area contributed by atoms with Crippen LogP contribution in [0.3, 0.4) is 0 Å². The van der Waals surface area contributed by atoms with E-state index in [0.717, 1.165) is 0 Å². The van der Waals surface area contributed by atoms with Crippen molar-refractivity contribution in [3.8, 4) is 0 Å². The SMILES string of the molecule is CC(CCO)NC(=O)c1nn(C)cc1N. The molecule has 0 radical (unpaired) electrons. The number of rotatable bonds is 4. The minimum Gasteiger partial charge on any atom is -0.396 e. The van der Waals surface area contributed by atoms with Gasteiger partial charge in [0.25, 0.3) is 5.91 Å². The van der Waals surface area contributed by atoms with Crippen LogP contribution < -0.4 is 11.1 Å². The molecule has 1 amide bonds. The van der Waals surface area contributed by atoms with E-state index in [0.29, 0.717) is 12.1 Å². The van der Waals surface area contributed by atoms with Gasteiger partial charge in [0, 0.05) is 25.9 Å². The molecule has 4 N–H and O–H groups in total. The second kappa shape index (κ2) is 4.79. The van der Waals surface area contributed by atoms with Gasteiger partial charge in [-0.2, -0.15) is 5.10 Å². The van der Waals surface area contributed by atoms with Crippen molar-refractivity contribution in [2.24, 2.45) is 7.05 Å². The molecule has 0 aromatic carbocycles. The summed E-state index contributed by atoms with van der Waals surface area (Å²) < 4.78 is 1.49. The van der Waals surface area contributed by atoms with Gasteiger partial charge in [-0.25, -0.2) is 0 Å². The molecule has 0 spiro atoms. The Hall–Kier alpha value is -1.56. The van der Waals surface area contributed by atoms with Crippen LogP contribution in [0.1, 0.15) is 23.8 Å². The Bertz CT molecular complexity index is 348. The number of carbonyl (C=O) groups is 1. The van der Waals surface area contributed by atoms with Crippen LogP contribution in [0.4, 0.5) is 5.69 Å². The van der Waals surface area contributed by atoms with E-state index < -0.39 is 0 Å². The quantitative estimate of drug-likeness (QED) is 0.627. The van der Waals surface area contributed by atoms with Gasteiger partial charge < -0.3 is 16.2 Å². The average molecular weight is 212 g/mol. The molecular formula is C9H16N4O2. The molecule has 1 aromatic rings. The van der Waals surface area contributed by atoms with Gasteiger partial charge in [-0.1, -0.05) is 0 Å². The van der Waals surface area contributed by atoms with Crippen LogP contribution in [-0.4, -0.2) is 33.4 Å². The first-order valence-corrected chi connectivity index (χ1v) is 4.75. The number of aliphatic hydroxyl groups excluding tert-OH is 1. The Morgan fingerprint density at radius 3 is 2.93 bits per heavy atom. The van der Waals surface area contributed by atoms with Gasteiger partial charge >= 0.3 is 0 Å². The van der Waals surface area contributed by atoms with E-state index in [2.05, 4.69) is 10.4 Å². The average Bonchev–Trinajstić information content (AvgIpc) is 2.45. The summed E-state index contributed by atoms with van der Waals surface area (Å²) >= 11 is 0. The van der Waals surface area contributed by atoms with E-state index in [4.69, 9.17) is 10.8 Å². The fraction of sp³-hybridized carbons (Fsp3) is 0.556. The standard InChI is InChI=1S/C9H16N4O2/c1-6(3-4-14)11-9(15)8-7(10)5-13(2)12-8/h5-6,14H,3-4,10H2,1-2H3,(H,11,15). The van der Waals surface area contributed by atoms with Crippen LogP contribution in [-0.2, 0) is 7.05 Å². The molecule has 0 aliphatic heterocycles. The first-order chi connectivity index (χ1) is 7.04. The maximum Gasteiger partial charge on any atom is 0.274 e. The number of hydrogen-bond donors (Lipinski definition) is 3. The summed E-state index contributed by atoms with van der Waals surface area (Å²) in [7, 11) is 1.70. The van der Waals surface area contributed by atoms with Crippen molar-refractivity contribution in [1.82, 2.24) is 15.1 Å². The van der Waals surface area contributed by atoms with Crippen molar-refractivity contribution >= 4 is 11.6 Å². The monoisotopic (exact) mass is 212 g/mol. The van der Waals surface area contributed by atoms with E-state index in [-0.39, 0.29) is 24.2 Å². The molecule has 0 fully saturated rings. The third-order valence-corrected chi connectivity index (χ3v) is 2.01. The molecule has 1 heterocycles. The molecule has 0 aliphatic carbocycles. The van der Waals surface area contributed by atoms with Gasteiger partial charge in [-0.05, 0) is 13.3 Å². The van der Waals surface area contributed by atoms with Crippen molar-refractivity contribution in [2.75, 3.05) is 12.3 Å². The molecule has 6 nitrogen and oxygen atoms in total. The number of anilines is 1. The molecule has 0 saturated heterocycles. The number of aliphatic hydroxyl groups is 1. The molecule has 1 unspecified atom stereocenters. The maximum atomic E-state index is 11.6. The number of aromatic nitrogens is 2. The van der Waals surface area contributed by atoms with Gasteiger partial charge in [0.15, 0.2) is 5.69 Å². The Labute approximate surface area is 88.1 Å². The highest BCUT2D eigenvalue weighted by Crippen LogP contribution is 2.08. The predicted molar refractivity (Wildman–Crippen MR) is 56.3 cm³/mol. The second-order valence-electron chi connectivity index (χ2n) is 3.49. The van der Waals surface area contributed by atoms with Gasteiger partial charge in [-0.3, -0.25) is 9.48 Å². The molecule has 6 heteroatoms. The van der Waals surface area contributed by atoms with Gasteiger partial charge in [-0.15, -0.1) is 0 Å². The summed E-state index contributed by atoms with van der Waals surface area (Å²) in [5, 5.41) is 15.3.